The fourth-order valence-corrected chi connectivity index (χ4v) is 2.88. The normalized spacial score (nSPS) is 14.9. The maximum Gasteiger partial charge on any atom is 0.204 e. The van der Waals surface area contributed by atoms with Gasteiger partial charge in [0.15, 0.2) is 11.5 Å². The van der Waals surface area contributed by atoms with Crippen LogP contribution in [0.4, 0.5) is 0 Å². The van der Waals surface area contributed by atoms with E-state index >= 15 is 0 Å². The van der Waals surface area contributed by atoms with Gasteiger partial charge in [0, 0.05) is 24.4 Å². The Morgan fingerprint density at radius 1 is 1.05 bits per heavy atom. The molecule has 5 nitrogen and oxygen atoms in total. The van der Waals surface area contributed by atoms with Crippen LogP contribution in [0.3, 0.4) is 0 Å². The highest BCUT2D eigenvalue weighted by Crippen LogP contribution is 2.46. The molecule has 0 saturated heterocycles. The Morgan fingerprint density at radius 3 is 2.48 bits per heavy atom. The first-order valence-electron chi connectivity index (χ1n) is 7.00. The van der Waals surface area contributed by atoms with Crippen LogP contribution in [-0.2, 0) is 0 Å². The monoisotopic (exact) mass is 288 g/mol. The number of aromatic nitrogens is 1. The number of rotatable bonds is 4. The van der Waals surface area contributed by atoms with Gasteiger partial charge in [-0.2, -0.15) is 0 Å². The Kier molecular flexibility index (Phi) is 3.75. The molecule has 2 N–H and O–H groups in total. The molecule has 112 valence electrons. The largest absolute Gasteiger partial charge is 0.493 e. The highest BCUT2D eigenvalue weighted by Gasteiger charge is 2.21. The van der Waals surface area contributed by atoms with Crippen LogP contribution in [0, 0.1) is 0 Å². The molecule has 0 bridgehead atoms. The van der Waals surface area contributed by atoms with Crippen LogP contribution >= 0.6 is 0 Å². The number of hydrogen-bond donors (Lipinski definition) is 2. The van der Waals surface area contributed by atoms with Crippen molar-refractivity contribution in [2.75, 3.05) is 34.4 Å². The number of nitrogens with one attached hydrogen (secondary N) is 2. The van der Waals surface area contributed by atoms with Crippen molar-refractivity contribution in [1.82, 2.24) is 10.3 Å². The van der Waals surface area contributed by atoms with Gasteiger partial charge in [0.25, 0.3) is 0 Å². The lowest BCUT2D eigenvalue weighted by molar-refractivity contribution is 0.327. The van der Waals surface area contributed by atoms with Crippen LogP contribution in [-0.4, -0.2) is 39.4 Å². The van der Waals surface area contributed by atoms with Gasteiger partial charge in [-0.15, -0.1) is 0 Å². The van der Waals surface area contributed by atoms with E-state index < -0.39 is 0 Å². The first kappa shape index (κ1) is 13.8. The van der Waals surface area contributed by atoms with Crippen LogP contribution in [0.1, 0.15) is 12.0 Å². The number of H-pyrrole nitrogens is 1. The van der Waals surface area contributed by atoms with Crippen molar-refractivity contribution in [3.63, 3.8) is 0 Å². The average molecular weight is 288 g/mol. The Balaban J connectivity index is 2.26. The van der Waals surface area contributed by atoms with E-state index in [2.05, 4.69) is 16.4 Å². The summed E-state index contributed by atoms with van der Waals surface area (Å²) in [5, 5.41) is 4.38. The molecular formula is C16H20N2O3. The van der Waals surface area contributed by atoms with Crippen LogP contribution in [0.15, 0.2) is 18.3 Å². The summed E-state index contributed by atoms with van der Waals surface area (Å²) < 4.78 is 16.5. The molecule has 1 aromatic heterocycles. The molecule has 0 saturated carbocycles. The first-order chi connectivity index (χ1) is 10.3. The third kappa shape index (κ3) is 2.23. The molecule has 1 aliphatic rings. The van der Waals surface area contributed by atoms with Gasteiger partial charge >= 0.3 is 0 Å². The van der Waals surface area contributed by atoms with Crippen molar-refractivity contribution in [3.05, 3.63) is 23.9 Å². The summed E-state index contributed by atoms with van der Waals surface area (Å²) in [6, 6.07) is 1.95. The molecule has 0 fully saturated rings. The SMILES string of the molecule is COc1cc2[nH]cc(C3=CCNCC3)c2c(OC)c1OC. The van der Waals surface area contributed by atoms with Gasteiger partial charge in [-0.1, -0.05) is 6.08 Å². The Bertz CT molecular complexity index is 688. The molecule has 1 aromatic carbocycles. The molecule has 2 heterocycles. The zero-order chi connectivity index (χ0) is 14.8. The average Bonchev–Trinajstić information content (AvgIpc) is 2.97. The molecule has 0 aliphatic carbocycles. The zero-order valence-corrected chi connectivity index (χ0v) is 12.6. The molecular weight excluding hydrogens is 268 g/mol. The van der Waals surface area contributed by atoms with Gasteiger partial charge in [0.1, 0.15) is 0 Å². The Morgan fingerprint density at radius 2 is 1.86 bits per heavy atom. The second-order valence-electron chi connectivity index (χ2n) is 4.95. The summed E-state index contributed by atoms with van der Waals surface area (Å²) in [6.07, 6.45) is 5.26. The topological polar surface area (TPSA) is 55.5 Å². The van der Waals surface area contributed by atoms with Gasteiger partial charge in [-0.25, -0.2) is 0 Å². The predicted octanol–water partition coefficient (Wildman–Crippen LogP) is 2.57. The summed E-state index contributed by atoms with van der Waals surface area (Å²) in [4.78, 5) is 3.31. The quantitative estimate of drug-likeness (QED) is 0.908. The van der Waals surface area contributed by atoms with Gasteiger partial charge in [-0.05, 0) is 18.5 Å². The van der Waals surface area contributed by atoms with Gasteiger partial charge in [-0.3, -0.25) is 0 Å². The Labute approximate surface area is 123 Å². The number of aromatic amines is 1. The lowest BCUT2D eigenvalue weighted by atomic mass is 9.99. The fourth-order valence-electron chi connectivity index (χ4n) is 2.88. The molecule has 0 radical (unpaired) electrons. The number of hydrogen-bond acceptors (Lipinski definition) is 4. The third-order valence-electron chi connectivity index (χ3n) is 3.88. The molecule has 2 aromatic rings. The lowest BCUT2D eigenvalue weighted by Gasteiger charge is -2.16. The Hall–Kier alpha value is -2.14. The van der Waals surface area contributed by atoms with Crippen molar-refractivity contribution < 1.29 is 14.2 Å². The van der Waals surface area contributed by atoms with Crippen molar-refractivity contribution in [3.8, 4) is 17.2 Å². The third-order valence-corrected chi connectivity index (χ3v) is 3.88. The van der Waals surface area contributed by atoms with Crippen molar-refractivity contribution in [2.45, 2.75) is 6.42 Å². The smallest absolute Gasteiger partial charge is 0.204 e. The van der Waals surface area contributed by atoms with E-state index in [0.29, 0.717) is 17.2 Å². The molecule has 21 heavy (non-hydrogen) atoms. The highest BCUT2D eigenvalue weighted by molar-refractivity contribution is 6.00. The minimum atomic E-state index is 0.628. The molecule has 1 aliphatic heterocycles. The maximum atomic E-state index is 5.61. The van der Waals surface area contributed by atoms with Crippen LogP contribution in [0.5, 0.6) is 17.2 Å². The van der Waals surface area contributed by atoms with E-state index in [0.717, 1.165) is 30.4 Å². The first-order valence-corrected chi connectivity index (χ1v) is 7.00. The van der Waals surface area contributed by atoms with Gasteiger partial charge in [0.05, 0.1) is 32.2 Å². The maximum absolute atomic E-state index is 5.61. The molecule has 0 unspecified atom stereocenters. The van der Waals surface area contributed by atoms with E-state index in [9.17, 15) is 0 Å². The number of ether oxygens (including phenoxy) is 3. The summed E-state index contributed by atoms with van der Waals surface area (Å²) in [7, 11) is 4.91. The van der Waals surface area contributed by atoms with Crippen LogP contribution in [0.25, 0.3) is 16.5 Å². The zero-order valence-electron chi connectivity index (χ0n) is 12.6. The van der Waals surface area contributed by atoms with Gasteiger partial charge < -0.3 is 24.5 Å². The summed E-state index contributed by atoms with van der Waals surface area (Å²) >= 11 is 0. The van der Waals surface area contributed by atoms with Gasteiger partial charge in [0.2, 0.25) is 5.75 Å². The van der Waals surface area contributed by atoms with E-state index in [1.807, 2.05) is 12.3 Å². The standard InChI is InChI=1S/C16H20N2O3/c1-19-13-8-12-14(16(21-3)15(13)20-2)11(9-18-12)10-4-6-17-7-5-10/h4,8-9,17-18H,5-7H2,1-3H3. The lowest BCUT2D eigenvalue weighted by Crippen LogP contribution is -2.19. The second-order valence-corrected chi connectivity index (χ2v) is 4.95. The summed E-state index contributed by atoms with van der Waals surface area (Å²) in [5.41, 5.74) is 3.48. The van der Waals surface area contributed by atoms with Crippen molar-refractivity contribution in [2.24, 2.45) is 0 Å². The molecule has 0 spiro atoms. The van der Waals surface area contributed by atoms with E-state index in [1.165, 1.54) is 11.1 Å². The molecule has 0 amide bonds. The van der Waals surface area contributed by atoms with Crippen LogP contribution < -0.4 is 19.5 Å². The van der Waals surface area contributed by atoms with E-state index in [1.54, 1.807) is 21.3 Å². The minimum absolute atomic E-state index is 0.628. The number of benzene rings is 1. The minimum Gasteiger partial charge on any atom is -0.493 e. The molecule has 0 atom stereocenters. The van der Waals surface area contributed by atoms with Crippen molar-refractivity contribution >= 4 is 16.5 Å². The summed E-state index contributed by atoms with van der Waals surface area (Å²) in [5.74, 6) is 2.00. The van der Waals surface area contributed by atoms with E-state index in [-0.39, 0.29) is 0 Å². The number of methoxy groups -OCH3 is 3. The number of fused-ring (bicyclic) bond motifs is 1. The predicted molar refractivity (Wildman–Crippen MR) is 83.4 cm³/mol. The highest BCUT2D eigenvalue weighted by atomic mass is 16.5. The fraction of sp³-hybridized carbons (Fsp3) is 0.375. The van der Waals surface area contributed by atoms with Crippen molar-refractivity contribution in [1.29, 1.82) is 0 Å². The summed E-state index contributed by atoms with van der Waals surface area (Å²) in [6.45, 7) is 1.89. The van der Waals surface area contributed by atoms with Crippen LogP contribution in [0.2, 0.25) is 0 Å². The second kappa shape index (κ2) is 5.69. The molecule has 3 rings (SSSR count). The van der Waals surface area contributed by atoms with E-state index in [4.69, 9.17) is 14.2 Å². The molecule has 5 heteroatoms.